The molecular formula is C21H28N4O5. The third kappa shape index (κ3) is 6.26. The maximum Gasteiger partial charge on any atom is 0.269 e. The van der Waals surface area contributed by atoms with Crippen LogP contribution < -0.4 is 24.8 Å². The molecule has 2 aromatic carbocycles. The van der Waals surface area contributed by atoms with Crippen molar-refractivity contribution in [1.29, 1.82) is 0 Å². The van der Waals surface area contributed by atoms with Gasteiger partial charge in [-0.1, -0.05) is 26.0 Å². The third-order valence-electron chi connectivity index (χ3n) is 4.17. The Labute approximate surface area is 176 Å². The summed E-state index contributed by atoms with van der Waals surface area (Å²) in [6.07, 6.45) is 0. The summed E-state index contributed by atoms with van der Waals surface area (Å²) in [7, 11) is 4.66. The van der Waals surface area contributed by atoms with E-state index in [1.807, 2.05) is 0 Å². The summed E-state index contributed by atoms with van der Waals surface area (Å²) in [5.41, 5.74) is 1.62. The molecule has 0 bridgehead atoms. The molecular weight excluding hydrogens is 388 g/mol. The largest absolute Gasteiger partial charge is 0.493 e. The van der Waals surface area contributed by atoms with Crippen molar-refractivity contribution in [2.75, 3.05) is 33.2 Å². The molecule has 2 aromatic rings. The SMILES string of the molecule is COc1cc(NC(=NCc2ccc([N+](=O)[O-])cc2)NCC(C)C)cc(OC)c1OC. The second-order valence-corrected chi connectivity index (χ2v) is 6.90. The monoisotopic (exact) mass is 416 g/mol. The number of guanidine groups is 1. The van der Waals surface area contributed by atoms with Gasteiger partial charge in [0.25, 0.3) is 5.69 Å². The number of nitro benzene ring substituents is 1. The average Bonchev–Trinajstić information content (AvgIpc) is 2.74. The van der Waals surface area contributed by atoms with E-state index in [9.17, 15) is 10.1 Å². The van der Waals surface area contributed by atoms with Crippen LogP contribution in [0.2, 0.25) is 0 Å². The molecule has 0 saturated heterocycles. The number of hydrogen-bond donors (Lipinski definition) is 2. The summed E-state index contributed by atoms with van der Waals surface area (Å²) in [6.45, 7) is 5.27. The topological polar surface area (TPSA) is 107 Å². The van der Waals surface area contributed by atoms with E-state index in [0.717, 1.165) is 12.1 Å². The Kier molecular flexibility index (Phi) is 8.28. The Bertz CT molecular complexity index is 856. The molecule has 0 amide bonds. The molecule has 9 nitrogen and oxygen atoms in total. The summed E-state index contributed by atoms with van der Waals surface area (Å²) < 4.78 is 16.2. The van der Waals surface area contributed by atoms with Gasteiger partial charge >= 0.3 is 0 Å². The lowest BCUT2D eigenvalue weighted by atomic mass is 10.2. The number of nitrogens with zero attached hydrogens (tertiary/aromatic N) is 2. The van der Waals surface area contributed by atoms with Crippen LogP contribution in [0, 0.1) is 16.0 Å². The molecule has 0 aromatic heterocycles. The van der Waals surface area contributed by atoms with Crippen LogP contribution in [0.1, 0.15) is 19.4 Å². The molecule has 30 heavy (non-hydrogen) atoms. The van der Waals surface area contributed by atoms with E-state index in [2.05, 4.69) is 29.5 Å². The number of hydrogen-bond acceptors (Lipinski definition) is 6. The van der Waals surface area contributed by atoms with E-state index in [1.54, 1.807) is 45.6 Å². The zero-order valence-corrected chi connectivity index (χ0v) is 17.9. The van der Waals surface area contributed by atoms with Gasteiger partial charge in [-0.05, 0) is 11.5 Å². The fourth-order valence-electron chi connectivity index (χ4n) is 2.62. The van der Waals surface area contributed by atoms with Crippen LogP contribution in [-0.2, 0) is 6.54 Å². The molecule has 0 saturated carbocycles. The highest BCUT2D eigenvalue weighted by atomic mass is 16.6. The van der Waals surface area contributed by atoms with Crippen LogP contribution in [0.3, 0.4) is 0 Å². The molecule has 9 heteroatoms. The maximum atomic E-state index is 10.8. The van der Waals surface area contributed by atoms with Crippen molar-refractivity contribution in [2.24, 2.45) is 10.9 Å². The minimum absolute atomic E-state index is 0.0523. The van der Waals surface area contributed by atoms with Gasteiger partial charge in [-0.3, -0.25) is 10.1 Å². The van der Waals surface area contributed by atoms with Gasteiger partial charge in [-0.15, -0.1) is 0 Å². The number of benzene rings is 2. The molecule has 0 spiro atoms. The highest BCUT2D eigenvalue weighted by molar-refractivity contribution is 5.94. The minimum Gasteiger partial charge on any atom is -0.493 e. The number of methoxy groups -OCH3 is 3. The first-order valence-corrected chi connectivity index (χ1v) is 9.46. The van der Waals surface area contributed by atoms with Gasteiger partial charge in [0.1, 0.15) is 0 Å². The Hall–Kier alpha value is -3.49. The standard InChI is InChI=1S/C21H28N4O5/c1-14(2)12-22-21(23-13-15-6-8-17(9-7-15)25(26)27)24-16-10-18(28-3)20(30-5)19(11-16)29-4/h6-11,14H,12-13H2,1-5H3,(H2,22,23,24). The molecule has 162 valence electrons. The predicted octanol–water partition coefficient (Wildman–Crippen LogP) is 3.83. The summed E-state index contributed by atoms with van der Waals surface area (Å²) in [4.78, 5) is 15.0. The van der Waals surface area contributed by atoms with Gasteiger partial charge in [0, 0.05) is 36.5 Å². The Morgan fingerprint density at radius 2 is 1.67 bits per heavy atom. The van der Waals surface area contributed by atoms with E-state index in [4.69, 9.17) is 14.2 Å². The first-order chi connectivity index (χ1) is 14.4. The van der Waals surface area contributed by atoms with Crippen LogP contribution in [0.4, 0.5) is 11.4 Å². The third-order valence-corrected chi connectivity index (χ3v) is 4.17. The zero-order chi connectivity index (χ0) is 22.1. The van der Waals surface area contributed by atoms with Crippen molar-refractivity contribution >= 4 is 17.3 Å². The summed E-state index contributed by atoms with van der Waals surface area (Å²) in [6, 6.07) is 9.92. The molecule has 0 radical (unpaired) electrons. The van der Waals surface area contributed by atoms with Gasteiger partial charge in [-0.25, -0.2) is 4.99 Å². The Morgan fingerprint density at radius 1 is 1.07 bits per heavy atom. The summed E-state index contributed by atoms with van der Waals surface area (Å²) in [5, 5.41) is 17.3. The number of nitro groups is 1. The van der Waals surface area contributed by atoms with E-state index in [0.29, 0.717) is 41.4 Å². The van der Waals surface area contributed by atoms with Crippen molar-refractivity contribution in [3.05, 3.63) is 52.1 Å². The van der Waals surface area contributed by atoms with Gasteiger partial charge in [0.2, 0.25) is 5.75 Å². The molecule has 0 unspecified atom stereocenters. The lowest BCUT2D eigenvalue weighted by Gasteiger charge is -2.17. The van der Waals surface area contributed by atoms with Gasteiger partial charge in [0.05, 0.1) is 32.8 Å². The summed E-state index contributed by atoms with van der Waals surface area (Å²) in [5.74, 6) is 2.54. The van der Waals surface area contributed by atoms with Crippen LogP contribution >= 0.6 is 0 Å². The predicted molar refractivity (Wildman–Crippen MR) is 117 cm³/mol. The highest BCUT2D eigenvalue weighted by Gasteiger charge is 2.14. The number of rotatable bonds is 9. The van der Waals surface area contributed by atoms with Crippen LogP contribution in [0.25, 0.3) is 0 Å². The molecule has 2 rings (SSSR count). The van der Waals surface area contributed by atoms with Crippen molar-refractivity contribution in [3.63, 3.8) is 0 Å². The number of ether oxygens (including phenoxy) is 3. The van der Waals surface area contributed by atoms with Crippen LogP contribution in [0.15, 0.2) is 41.4 Å². The molecule has 0 aliphatic heterocycles. The molecule has 2 N–H and O–H groups in total. The Morgan fingerprint density at radius 3 is 2.13 bits per heavy atom. The molecule has 0 heterocycles. The van der Waals surface area contributed by atoms with Crippen molar-refractivity contribution in [1.82, 2.24) is 5.32 Å². The second kappa shape index (κ2) is 10.9. The fourth-order valence-corrected chi connectivity index (χ4v) is 2.62. The van der Waals surface area contributed by atoms with E-state index < -0.39 is 4.92 Å². The highest BCUT2D eigenvalue weighted by Crippen LogP contribution is 2.39. The number of non-ortho nitro benzene ring substituents is 1. The van der Waals surface area contributed by atoms with Crippen LogP contribution in [0.5, 0.6) is 17.2 Å². The normalized spacial score (nSPS) is 11.2. The first kappa shape index (κ1) is 22.8. The summed E-state index contributed by atoms with van der Waals surface area (Å²) >= 11 is 0. The van der Waals surface area contributed by atoms with E-state index >= 15 is 0 Å². The first-order valence-electron chi connectivity index (χ1n) is 9.46. The quantitative estimate of drug-likeness (QED) is 0.277. The van der Waals surface area contributed by atoms with E-state index in [-0.39, 0.29) is 5.69 Å². The lowest BCUT2D eigenvalue weighted by Crippen LogP contribution is -2.33. The zero-order valence-electron chi connectivity index (χ0n) is 17.9. The minimum atomic E-state index is -0.422. The maximum absolute atomic E-state index is 10.8. The molecule has 0 aliphatic carbocycles. The van der Waals surface area contributed by atoms with Gasteiger partial charge in [0.15, 0.2) is 17.5 Å². The number of anilines is 1. The van der Waals surface area contributed by atoms with Crippen molar-refractivity contribution in [2.45, 2.75) is 20.4 Å². The van der Waals surface area contributed by atoms with Crippen molar-refractivity contribution in [3.8, 4) is 17.2 Å². The molecule has 0 atom stereocenters. The fraction of sp³-hybridized carbons (Fsp3) is 0.381. The molecule has 0 fully saturated rings. The number of aliphatic imine (C=N–C) groups is 1. The Balaban J connectivity index is 2.26. The van der Waals surface area contributed by atoms with Crippen LogP contribution in [-0.4, -0.2) is 38.8 Å². The van der Waals surface area contributed by atoms with E-state index in [1.165, 1.54) is 12.1 Å². The van der Waals surface area contributed by atoms with Gasteiger partial charge < -0.3 is 24.8 Å². The smallest absolute Gasteiger partial charge is 0.269 e. The van der Waals surface area contributed by atoms with Crippen molar-refractivity contribution < 1.29 is 19.1 Å². The second-order valence-electron chi connectivity index (χ2n) is 6.90. The van der Waals surface area contributed by atoms with Gasteiger partial charge in [-0.2, -0.15) is 0 Å². The number of nitrogens with one attached hydrogen (secondary N) is 2. The lowest BCUT2D eigenvalue weighted by molar-refractivity contribution is -0.384. The average molecular weight is 416 g/mol. The molecule has 0 aliphatic rings.